The molecule has 0 heterocycles. The van der Waals surface area contributed by atoms with Crippen molar-refractivity contribution in [3.8, 4) is 0 Å². The maximum absolute atomic E-state index is 11.4. The van der Waals surface area contributed by atoms with Gasteiger partial charge in [0.05, 0.1) is 0 Å². The number of nitrogens with two attached hydrogens (primary N) is 1. The van der Waals surface area contributed by atoms with Gasteiger partial charge in [-0.25, -0.2) is 0 Å². The highest BCUT2D eigenvalue weighted by molar-refractivity contribution is 6.40. The van der Waals surface area contributed by atoms with Crippen LogP contribution in [0.5, 0.6) is 0 Å². The molecule has 6 N–H and O–H groups in total. The van der Waals surface area contributed by atoms with Crippen LogP contribution in [0.2, 0.25) is 16.4 Å². The smallest absolute Gasteiger partial charge is 0.451 e. The number of unbranched alkanes of at least 4 members (excludes halogenated alkanes) is 1. The second-order valence-corrected chi connectivity index (χ2v) is 7.37. The molecule has 1 rings (SSSR count). The standard InChI is InChI=1S/C17H27BCl2N2O4/c19-14-5-4-13(15(20)12-14)6-11-22-10-3-8-17(21,16(23)24)7-1-2-9-18(25)26/h4-5,12,22,25-26H,1-3,6-11,21H2,(H,23,24). The Hall–Kier alpha value is -0.825. The summed E-state index contributed by atoms with van der Waals surface area (Å²) in [7, 11) is -1.36. The molecule has 1 aromatic rings. The van der Waals surface area contributed by atoms with Gasteiger partial charge in [-0.05, 0) is 62.8 Å². The number of benzene rings is 1. The van der Waals surface area contributed by atoms with Crippen LogP contribution in [0.15, 0.2) is 18.2 Å². The fraction of sp³-hybridized carbons (Fsp3) is 0.588. The van der Waals surface area contributed by atoms with Crippen LogP contribution in [0.1, 0.15) is 37.7 Å². The number of nitrogens with one attached hydrogen (secondary N) is 1. The van der Waals surface area contributed by atoms with E-state index in [0.29, 0.717) is 48.7 Å². The second-order valence-electron chi connectivity index (χ2n) is 6.53. The third kappa shape index (κ3) is 8.71. The molecule has 0 saturated heterocycles. The monoisotopic (exact) mass is 404 g/mol. The molecule has 26 heavy (non-hydrogen) atoms. The predicted octanol–water partition coefficient (Wildman–Crippen LogP) is 2.33. The van der Waals surface area contributed by atoms with E-state index in [1.807, 2.05) is 6.07 Å². The van der Waals surface area contributed by atoms with Crippen molar-refractivity contribution in [3.05, 3.63) is 33.8 Å². The maximum Gasteiger partial charge on any atom is 0.451 e. The minimum Gasteiger partial charge on any atom is -0.480 e. The Labute approximate surface area is 164 Å². The van der Waals surface area contributed by atoms with Gasteiger partial charge in [-0.3, -0.25) is 4.79 Å². The molecule has 0 aliphatic heterocycles. The largest absolute Gasteiger partial charge is 0.480 e. The van der Waals surface area contributed by atoms with E-state index in [2.05, 4.69) is 5.32 Å². The summed E-state index contributed by atoms with van der Waals surface area (Å²) >= 11 is 12.0. The Balaban J connectivity index is 2.26. The fourth-order valence-electron chi connectivity index (χ4n) is 2.71. The van der Waals surface area contributed by atoms with E-state index in [1.54, 1.807) is 12.1 Å². The summed E-state index contributed by atoms with van der Waals surface area (Å²) in [5.74, 6) is -1.02. The molecule has 0 amide bonds. The average Bonchev–Trinajstić information content (AvgIpc) is 2.56. The Bertz CT molecular complexity index is 578. The lowest BCUT2D eigenvalue weighted by Gasteiger charge is -2.24. The van der Waals surface area contributed by atoms with E-state index in [0.717, 1.165) is 18.5 Å². The zero-order chi connectivity index (χ0) is 19.6. The molecule has 0 fully saturated rings. The van der Waals surface area contributed by atoms with Gasteiger partial charge in [0.1, 0.15) is 5.54 Å². The zero-order valence-electron chi connectivity index (χ0n) is 14.8. The maximum atomic E-state index is 11.4. The van der Waals surface area contributed by atoms with Gasteiger partial charge in [0.15, 0.2) is 0 Å². The number of carboxylic acid groups (broad SMARTS) is 1. The number of aliphatic carboxylic acids is 1. The second kappa shape index (κ2) is 11.8. The van der Waals surface area contributed by atoms with E-state index in [4.69, 9.17) is 39.0 Å². The molecule has 9 heteroatoms. The van der Waals surface area contributed by atoms with Crippen LogP contribution in [0, 0.1) is 0 Å². The van der Waals surface area contributed by atoms with Crippen molar-refractivity contribution in [3.63, 3.8) is 0 Å². The van der Waals surface area contributed by atoms with Crippen LogP contribution in [0.3, 0.4) is 0 Å². The molecule has 146 valence electrons. The van der Waals surface area contributed by atoms with Crippen LogP contribution >= 0.6 is 23.2 Å². The number of carboxylic acids is 1. The summed E-state index contributed by atoms with van der Waals surface area (Å²) in [6.07, 6.45) is 3.37. The van der Waals surface area contributed by atoms with Gasteiger partial charge in [0, 0.05) is 10.0 Å². The molecule has 1 atom stereocenters. The van der Waals surface area contributed by atoms with Crippen molar-refractivity contribution in [1.29, 1.82) is 0 Å². The van der Waals surface area contributed by atoms with Crippen molar-refractivity contribution in [2.24, 2.45) is 5.73 Å². The van der Waals surface area contributed by atoms with Gasteiger partial charge in [0.25, 0.3) is 0 Å². The summed E-state index contributed by atoms with van der Waals surface area (Å²) in [4.78, 5) is 11.4. The van der Waals surface area contributed by atoms with E-state index >= 15 is 0 Å². The van der Waals surface area contributed by atoms with Gasteiger partial charge in [-0.1, -0.05) is 42.1 Å². The highest BCUT2D eigenvalue weighted by atomic mass is 35.5. The van der Waals surface area contributed by atoms with Crippen LogP contribution in [0.25, 0.3) is 0 Å². The molecule has 0 bridgehead atoms. The van der Waals surface area contributed by atoms with E-state index in [-0.39, 0.29) is 6.32 Å². The van der Waals surface area contributed by atoms with Gasteiger partial charge < -0.3 is 26.2 Å². The molecule has 1 unspecified atom stereocenters. The van der Waals surface area contributed by atoms with Crippen LogP contribution in [-0.4, -0.2) is 46.9 Å². The summed E-state index contributed by atoms with van der Waals surface area (Å²) in [5, 5.41) is 31.5. The summed E-state index contributed by atoms with van der Waals surface area (Å²) in [5.41, 5.74) is 5.75. The Morgan fingerprint density at radius 3 is 2.46 bits per heavy atom. The van der Waals surface area contributed by atoms with Crippen LogP contribution in [-0.2, 0) is 11.2 Å². The van der Waals surface area contributed by atoms with E-state index < -0.39 is 18.6 Å². The molecule has 0 spiro atoms. The minimum atomic E-state index is -1.36. The highest BCUT2D eigenvalue weighted by Gasteiger charge is 2.32. The normalized spacial score (nSPS) is 13.4. The Kier molecular flexibility index (Phi) is 10.5. The first-order valence-corrected chi connectivity index (χ1v) is 9.53. The Morgan fingerprint density at radius 1 is 1.15 bits per heavy atom. The van der Waals surface area contributed by atoms with E-state index in [9.17, 15) is 9.90 Å². The summed E-state index contributed by atoms with van der Waals surface area (Å²) < 4.78 is 0. The topological polar surface area (TPSA) is 116 Å². The number of hydrogen-bond acceptors (Lipinski definition) is 5. The number of halogens is 2. The zero-order valence-corrected chi connectivity index (χ0v) is 16.3. The number of carbonyl (C=O) groups is 1. The highest BCUT2D eigenvalue weighted by Crippen LogP contribution is 2.21. The first-order chi connectivity index (χ1) is 12.2. The Morgan fingerprint density at radius 2 is 1.85 bits per heavy atom. The first-order valence-electron chi connectivity index (χ1n) is 8.77. The third-order valence-electron chi connectivity index (χ3n) is 4.32. The lowest BCUT2D eigenvalue weighted by atomic mass is 9.81. The lowest BCUT2D eigenvalue weighted by Crippen LogP contribution is -2.48. The average molecular weight is 405 g/mol. The molecular formula is C17H27BCl2N2O4. The molecule has 0 saturated carbocycles. The number of hydrogen-bond donors (Lipinski definition) is 5. The van der Waals surface area contributed by atoms with Gasteiger partial charge >= 0.3 is 13.1 Å². The van der Waals surface area contributed by atoms with Crippen molar-refractivity contribution in [1.82, 2.24) is 5.32 Å². The fourth-order valence-corrected chi connectivity index (χ4v) is 3.21. The van der Waals surface area contributed by atoms with Crippen molar-refractivity contribution in [2.75, 3.05) is 13.1 Å². The van der Waals surface area contributed by atoms with Crippen LogP contribution in [0.4, 0.5) is 0 Å². The summed E-state index contributed by atoms with van der Waals surface area (Å²) in [6, 6.07) is 5.41. The molecule has 6 nitrogen and oxygen atoms in total. The first kappa shape index (κ1) is 23.2. The van der Waals surface area contributed by atoms with Crippen LogP contribution < -0.4 is 11.1 Å². The van der Waals surface area contributed by atoms with Crippen molar-refractivity contribution in [2.45, 2.75) is 50.4 Å². The third-order valence-corrected chi connectivity index (χ3v) is 4.91. The predicted molar refractivity (Wildman–Crippen MR) is 106 cm³/mol. The van der Waals surface area contributed by atoms with Crippen molar-refractivity contribution < 1.29 is 19.9 Å². The molecular weight excluding hydrogens is 378 g/mol. The quantitative estimate of drug-likeness (QED) is 0.254. The minimum absolute atomic E-state index is 0.227. The molecule has 1 aromatic carbocycles. The summed E-state index contributed by atoms with van der Waals surface area (Å²) in [6.45, 7) is 1.38. The molecule has 0 aromatic heterocycles. The molecule has 0 radical (unpaired) electrons. The molecule has 0 aliphatic carbocycles. The molecule has 0 aliphatic rings. The van der Waals surface area contributed by atoms with Gasteiger partial charge in [-0.2, -0.15) is 0 Å². The van der Waals surface area contributed by atoms with E-state index in [1.165, 1.54) is 0 Å². The SMILES string of the molecule is NC(CCCCB(O)O)(CCCNCCc1ccc(Cl)cc1Cl)C(=O)O. The lowest BCUT2D eigenvalue weighted by molar-refractivity contribution is -0.144. The van der Waals surface area contributed by atoms with Gasteiger partial charge in [0.2, 0.25) is 0 Å². The van der Waals surface area contributed by atoms with Gasteiger partial charge in [-0.15, -0.1) is 0 Å². The number of rotatable bonds is 13. The van der Waals surface area contributed by atoms with Crippen molar-refractivity contribution >= 4 is 36.3 Å².